The van der Waals surface area contributed by atoms with Crippen LogP contribution in [0.15, 0.2) is 0 Å². The van der Waals surface area contributed by atoms with Crippen LogP contribution in [0.5, 0.6) is 0 Å². The second-order valence-electron chi connectivity index (χ2n) is 2.76. The molecule has 0 aliphatic heterocycles. The topological polar surface area (TPSA) is 49.3 Å². The van der Waals surface area contributed by atoms with Gasteiger partial charge in [-0.2, -0.15) is 0 Å². The minimum absolute atomic E-state index is 0.331. The van der Waals surface area contributed by atoms with Crippen LogP contribution in [-0.2, 0) is 4.79 Å². The van der Waals surface area contributed by atoms with Crippen molar-refractivity contribution in [3.8, 4) is 0 Å². The fraction of sp³-hybridized carbons (Fsp3) is 0.857. The van der Waals surface area contributed by atoms with Crippen molar-refractivity contribution < 1.29 is 9.90 Å². The normalized spacial score (nSPS) is 30.1. The first-order chi connectivity index (χ1) is 4.74. The van der Waals surface area contributed by atoms with Gasteiger partial charge in [-0.05, 0) is 18.9 Å². The molecule has 0 spiro atoms. The number of rotatable bonds is 4. The molecule has 0 bridgehead atoms. The van der Waals surface area contributed by atoms with Crippen molar-refractivity contribution in [3.05, 3.63) is 0 Å². The summed E-state index contributed by atoms with van der Waals surface area (Å²) >= 11 is 0. The maximum Gasteiger partial charge on any atom is 0.303 e. The van der Waals surface area contributed by atoms with Gasteiger partial charge in [-0.1, -0.05) is 6.92 Å². The summed E-state index contributed by atoms with van der Waals surface area (Å²) in [5.41, 5.74) is 0. The quantitative estimate of drug-likeness (QED) is 0.601. The Morgan fingerprint density at radius 3 is 3.00 bits per heavy atom. The highest BCUT2D eigenvalue weighted by molar-refractivity contribution is 5.67. The molecule has 0 aromatic heterocycles. The molecule has 1 rings (SSSR count). The first-order valence-corrected chi connectivity index (χ1v) is 3.69. The third kappa shape index (κ3) is 1.99. The Morgan fingerprint density at radius 2 is 2.50 bits per heavy atom. The summed E-state index contributed by atoms with van der Waals surface area (Å²) in [7, 11) is 0. The first-order valence-electron chi connectivity index (χ1n) is 3.69. The maximum atomic E-state index is 10.2. The van der Waals surface area contributed by atoms with Crippen molar-refractivity contribution in [1.29, 1.82) is 0 Å². The van der Waals surface area contributed by atoms with Gasteiger partial charge in [0.1, 0.15) is 0 Å². The number of carboxylic acid groups (broad SMARTS) is 1. The van der Waals surface area contributed by atoms with Gasteiger partial charge in [0.15, 0.2) is 0 Å². The zero-order valence-electron chi connectivity index (χ0n) is 6.13. The average molecular weight is 143 g/mol. The fourth-order valence-electron chi connectivity index (χ4n) is 1.21. The molecule has 1 fully saturated rings. The Bertz CT molecular complexity index is 136. The number of nitrogens with one attached hydrogen (secondary N) is 1. The standard InChI is InChI=1S/C7H13NO2/c1-2-8-6-3-5(6)4-7(9)10/h5-6,8H,2-4H2,1H3,(H,9,10)/t5-,6+/m1/s1. The summed E-state index contributed by atoms with van der Waals surface area (Å²) in [6, 6.07) is 0.487. The lowest BCUT2D eigenvalue weighted by Gasteiger charge is -1.95. The minimum Gasteiger partial charge on any atom is -0.481 e. The highest BCUT2D eigenvalue weighted by Crippen LogP contribution is 2.33. The Hall–Kier alpha value is -0.570. The minimum atomic E-state index is -0.676. The zero-order chi connectivity index (χ0) is 7.56. The predicted molar refractivity (Wildman–Crippen MR) is 37.8 cm³/mol. The van der Waals surface area contributed by atoms with E-state index in [1.807, 2.05) is 6.92 Å². The van der Waals surface area contributed by atoms with Gasteiger partial charge < -0.3 is 10.4 Å². The van der Waals surface area contributed by atoms with Crippen LogP contribution >= 0.6 is 0 Å². The van der Waals surface area contributed by atoms with E-state index in [1.165, 1.54) is 0 Å². The number of carbonyl (C=O) groups is 1. The Morgan fingerprint density at radius 1 is 1.80 bits per heavy atom. The second-order valence-corrected chi connectivity index (χ2v) is 2.76. The third-order valence-electron chi connectivity index (χ3n) is 1.83. The SMILES string of the molecule is CCN[C@H]1C[C@@H]1CC(=O)O. The number of hydrogen-bond acceptors (Lipinski definition) is 2. The molecule has 1 aliphatic rings. The van der Waals surface area contributed by atoms with Crippen molar-refractivity contribution >= 4 is 5.97 Å². The largest absolute Gasteiger partial charge is 0.481 e. The van der Waals surface area contributed by atoms with Crippen LogP contribution in [0.1, 0.15) is 19.8 Å². The van der Waals surface area contributed by atoms with Crippen molar-refractivity contribution in [2.75, 3.05) is 6.54 Å². The van der Waals surface area contributed by atoms with E-state index in [-0.39, 0.29) is 0 Å². The van der Waals surface area contributed by atoms with Crippen molar-refractivity contribution in [2.45, 2.75) is 25.8 Å². The Kier molecular flexibility index (Phi) is 2.27. The van der Waals surface area contributed by atoms with Crippen molar-refractivity contribution in [2.24, 2.45) is 5.92 Å². The fourth-order valence-corrected chi connectivity index (χ4v) is 1.21. The van der Waals surface area contributed by atoms with E-state index in [2.05, 4.69) is 5.32 Å². The van der Waals surface area contributed by atoms with Gasteiger partial charge in [-0.15, -0.1) is 0 Å². The maximum absolute atomic E-state index is 10.2. The molecule has 0 aromatic rings. The van der Waals surface area contributed by atoms with E-state index >= 15 is 0 Å². The lowest BCUT2D eigenvalue weighted by molar-refractivity contribution is -0.137. The van der Waals surface area contributed by atoms with Gasteiger partial charge in [0, 0.05) is 12.5 Å². The third-order valence-corrected chi connectivity index (χ3v) is 1.83. The van der Waals surface area contributed by atoms with Gasteiger partial charge >= 0.3 is 5.97 Å². The molecule has 2 atom stereocenters. The molecule has 0 radical (unpaired) electrons. The van der Waals surface area contributed by atoms with Crippen molar-refractivity contribution in [1.82, 2.24) is 5.32 Å². The van der Waals surface area contributed by atoms with E-state index in [4.69, 9.17) is 5.11 Å². The predicted octanol–water partition coefficient (Wildman–Crippen LogP) is 0.459. The molecule has 0 amide bonds. The van der Waals surface area contributed by atoms with Crippen LogP contribution in [-0.4, -0.2) is 23.7 Å². The monoisotopic (exact) mass is 143 g/mol. The van der Waals surface area contributed by atoms with E-state index in [9.17, 15) is 4.79 Å². The molecule has 0 saturated heterocycles. The summed E-state index contributed by atoms with van der Waals surface area (Å²) in [5.74, 6) is -0.275. The van der Waals surface area contributed by atoms with Gasteiger partial charge in [-0.25, -0.2) is 0 Å². The molecule has 3 nitrogen and oxygen atoms in total. The van der Waals surface area contributed by atoms with E-state index < -0.39 is 5.97 Å². The molecule has 0 heterocycles. The lowest BCUT2D eigenvalue weighted by Crippen LogP contribution is -2.17. The zero-order valence-corrected chi connectivity index (χ0v) is 6.13. The molecule has 1 saturated carbocycles. The number of hydrogen-bond donors (Lipinski definition) is 2. The molecule has 10 heavy (non-hydrogen) atoms. The van der Waals surface area contributed by atoms with Crippen LogP contribution < -0.4 is 5.32 Å². The highest BCUT2D eigenvalue weighted by atomic mass is 16.4. The van der Waals surface area contributed by atoms with Gasteiger partial charge in [0.05, 0.1) is 0 Å². The van der Waals surface area contributed by atoms with E-state index in [1.54, 1.807) is 0 Å². The van der Waals surface area contributed by atoms with Crippen LogP contribution in [0.4, 0.5) is 0 Å². The number of aliphatic carboxylic acids is 1. The first kappa shape index (κ1) is 7.54. The molecule has 0 unspecified atom stereocenters. The molecule has 3 heteroatoms. The molecule has 58 valence electrons. The summed E-state index contributed by atoms with van der Waals surface area (Å²) in [5, 5.41) is 11.6. The van der Waals surface area contributed by atoms with Gasteiger partial charge in [0.25, 0.3) is 0 Å². The van der Waals surface area contributed by atoms with Crippen LogP contribution in [0.25, 0.3) is 0 Å². The van der Waals surface area contributed by atoms with E-state index in [0.29, 0.717) is 18.4 Å². The molecular weight excluding hydrogens is 130 g/mol. The van der Waals surface area contributed by atoms with Crippen molar-refractivity contribution in [3.63, 3.8) is 0 Å². The second kappa shape index (κ2) is 3.01. The smallest absolute Gasteiger partial charge is 0.303 e. The van der Waals surface area contributed by atoms with Crippen LogP contribution in [0.2, 0.25) is 0 Å². The molecule has 1 aliphatic carbocycles. The van der Waals surface area contributed by atoms with Crippen LogP contribution in [0, 0.1) is 5.92 Å². The summed E-state index contributed by atoms with van der Waals surface area (Å²) in [4.78, 5) is 10.2. The lowest BCUT2D eigenvalue weighted by atomic mass is 10.3. The average Bonchev–Trinajstić information content (AvgIpc) is 2.47. The highest BCUT2D eigenvalue weighted by Gasteiger charge is 2.37. The summed E-state index contributed by atoms with van der Waals surface area (Å²) in [6.45, 7) is 2.98. The molecular formula is C7H13NO2. The summed E-state index contributed by atoms with van der Waals surface area (Å²) < 4.78 is 0. The van der Waals surface area contributed by atoms with E-state index in [0.717, 1.165) is 13.0 Å². The molecule has 0 aromatic carbocycles. The van der Waals surface area contributed by atoms with Gasteiger partial charge in [0.2, 0.25) is 0 Å². The van der Waals surface area contributed by atoms with Gasteiger partial charge in [-0.3, -0.25) is 4.79 Å². The Balaban J connectivity index is 2.07. The summed E-state index contributed by atoms with van der Waals surface area (Å²) in [6.07, 6.45) is 1.37. The van der Waals surface area contributed by atoms with Crippen LogP contribution in [0.3, 0.4) is 0 Å². The Labute approximate surface area is 60.4 Å². The molecule has 2 N–H and O–H groups in total. The number of carboxylic acids is 1.